The van der Waals surface area contributed by atoms with Crippen molar-refractivity contribution in [2.24, 2.45) is 0 Å². The van der Waals surface area contributed by atoms with Crippen LogP contribution in [0, 0.1) is 0 Å². The summed E-state index contributed by atoms with van der Waals surface area (Å²) in [5.41, 5.74) is 1.62. The van der Waals surface area contributed by atoms with Crippen LogP contribution < -0.4 is 5.32 Å². The third-order valence-corrected chi connectivity index (χ3v) is 3.66. The van der Waals surface area contributed by atoms with Crippen molar-refractivity contribution in [3.63, 3.8) is 0 Å². The Bertz CT molecular complexity index is 462. The van der Waals surface area contributed by atoms with Crippen molar-refractivity contribution in [3.05, 3.63) is 12.7 Å². The summed E-state index contributed by atoms with van der Waals surface area (Å²) in [4.78, 5) is 15.5. The smallest absolute Gasteiger partial charge is 0.182 e. The molecule has 0 amide bonds. The van der Waals surface area contributed by atoms with Gasteiger partial charge in [-0.25, -0.2) is 15.0 Å². The number of hydrogen-bond acceptors (Lipinski definition) is 5. The van der Waals surface area contributed by atoms with Gasteiger partial charge in [0.15, 0.2) is 11.5 Å². The second-order valence-electron chi connectivity index (χ2n) is 3.53. The lowest BCUT2D eigenvalue weighted by molar-refractivity contribution is 0.807. The summed E-state index contributed by atoms with van der Waals surface area (Å²) < 4.78 is 0. The lowest BCUT2D eigenvalue weighted by atomic mass is 10.2. The number of hydrogen-bond donors (Lipinski definition) is 2. The molecule has 0 spiro atoms. The monoisotopic (exact) mass is 221 g/mol. The Balaban J connectivity index is 1.92. The molecule has 1 atom stereocenters. The molecule has 1 fully saturated rings. The van der Waals surface area contributed by atoms with E-state index in [0.717, 1.165) is 22.7 Å². The van der Waals surface area contributed by atoms with E-state index in [-0.39, 0.29) is 0 Å². The summed E-state index contributed by atoms with van der Waals surface area (Å²) in [6, 6.07) is 0.524. The minimum atomic E-state index is 0.524. The SMILES string of the molecule is c1nc(N[C@@H]2CCSC2)c2[nH]cnc2n1. The molecule has 0 radical (unpaired) electrons. The quantitative estimate of drug-likeness (QED) is 0.799. The molecule has 15 heavy (non-hydrogen) atoms. The number of nitrogens with one attached hydrogen (secondary N) is 2. The second-order valence-corrected chi connectivity index (χ2v) is 4.68. The van der Waals surface area contributed by atoms with Crippen molar-refractivity contribution in [1.29, 1.82) is 0 Å². The summed E-state index contributed by atoms with van der Waals surface area (Å²) in [6.07, 6.45) is 4.39. The van der Waals surface area contributed by atoms with Crippen LogP contribution in [0.15, 0.2) is 12.7 Å². The van der Waals surface area contributed by atoms with Gasteiger partial charge >= 0.3 is 0 Å². The summed E-state index contributed by atoms with van der Waals surface area (Å²) >= 11 is 1.98. The van der Waals surface area contributed by atoms with Crippen LogP contribution in [0.5, 0.6) is 0 Å². The zero-order chi connectivity index (χ0) is 10.1. The Labute approximate surface area is 91.1 Å². The van der Waals surface area contributed by atoms with E-state index < -0.39 is 0 Å². The third kappa shape index (κ3) is 1.65. The van der Waals surface area contributed by atoms with Crippen molar-refractivity contribution < 1.29 is 0 Å². The number of fused-ring (bicyclic) bond motifs is 1. The number of anilines is 1. The van der Waals surface area contributed by atoms with E-state index >= 15 is 0 Å². The van der Waals surface area contributed by atoms with Crippen LogP contribution in [0.4, 0.5) is 5.82 Å². The van der Waals surface area contributed by atoms with Crippen LogP contribution in [0.3, 0.4) is 0 Å². The van der Waals surface area contributed by atoms with Crippen molar-refractivity contribution in [2.75, 3.05) is 16.8 Å². The Morgan fingerprint density at radius 1 is 1.40 bits per heavy atom. The molecule has 2 N–H and O–H groups in total. The van der Waals surface area contributed by atoms with Gasteiger partial charge in [0, 0.05) is 11.8 Å². The second kappa shape index (κ2) is 3.69. The maximum Gasteiger partial charge on any atom is 0.182 e. The van der Waals surface area contributed by atoms with Gasteiger partial charge in [0.05, 0.1) is 6.33 Å². The normalized spacial score (nSPS) is 20.9. The fourth-order valence-corrected chi connectivity index (χ4v) is 2.87. The highest BCUT2D eigenvalue weighted by Gasteiger charge is 2.17. The predicted molar refractivity (Wildman–Crippen MR) is 61.0 cm³/mol. The molecular weight excluding hydrogens is 210 g/mol. The average molecular weight is 221 g/mol. The lowest BCUT2D eigenvalue weighted by Crippen LogP contribution is -2.19. The third-order valence-electron chi connectivity index (χ3n) is 2.49. The number of nitrogens with zero attached hydrogens (tertiary/aromatic N) is 3. The highest BCUT2D eigenvalue weighted by Crippen LogP contribution is 2.22. The van der Waals surface area contributed by atoms with Gasteiger partial charge in [-0.1, -0.05) is 0 Å². The first-order chi connectivity index (χ1) is 7.43. The molecule has 0 unspecified atom stereocenters. The van der Waals surface area contributed by atoms with Gasteiger partial charge in [-0.3, -0.25) is 0 Å². The van der Waals surface area contributed by atoms with Gasteiger partial charge in [-0.2, -0.15) is 11.8 Å². The Morgan fingerprint density at radius 2 is 2.40 bits per heavy atom. The van der Waals surface area contributed by atoms with E-state index in [0.29, 0.717) is 6.04 Å². The van der Waals surface area contributed by atoms with E-state index in [1.807, 2.05) is 11.8 Å². The number of aromatic nitrogens is 4. The van der Waals surface area contributed by atoms with Crippen LogP contribution in [-0.4, -0.2) is 37.5 Å². The first kappa shape index (κ1) is 8.96. The summed E-state index contributed by atoms with van der Waals surface area (Å²) in [6.45, 7) is 0. The molecule has 0 aliphatic carbocycles. The molecule has 5 nitrogen and oxygen atoms in total. The van der Waals surface area contributed by atoms with Gasteiger partial charge < -0.3 is 10.3 Å². The Hall–Kier alpha value is -1.30. The van der Waals surface area contributed by atoms with Crippen molar-refractivity contribution >= 4 is 28.7 Å². The standard InChI is InChI=1S/C9H11N5S/c1-2-15-3-6(1)14-9-7-8(11-4-10-7)12-5-13-9/h4-6H,1-3H2,(H2,10,11,12,13,14)/t6-/m1/s1. The number of H-pyrrole nitrogens is 1. The molecule has 2 aromatic heterocycles. The van der Waals surface area contributed by atoms with E-state index in [1.54, 1.807) is 12.7 Å². The Morgan fingerprint density at radius 3 is 3.27 bits per heavy atom. The van der Waals surface area contributed by atoms with Crippen LogP contribution in [0.25, 0.3) is 11.2 Å². The lowest BCUT2D eigenvalue weighted by Gasteiger charge is -2.11. The summed E-state index contributed by atoms with van der Waals surface area (Å²) in [7, 11) is 0. The highest BCUT2D eigenvalue weighted by molar-refractivity contribution is 7.99. The van der Waals surface area contributed by atoms with E-state index in [1.165, 1.54) is 12.2 Å². The molecule has 1 aliphatic heterocycles. The zero-order valence-electron chi connectivity index (χ0n) is 8.10. The van der Waals surface area contributed by atoms with Crippen LogP contribution in [0.1, 0.15) is 6.42 Å². The molecule has 0 bridgehead atoms. The van der Waals surface area contributed by atoms with E-state index in [2.05, 4.69) is 25.3 Å². The van der Waals surface area contributed by atoms with E-state index in [9.17, 15) is 0 Å². The minimum Gasteiger partial charge on any atom is -0.365 e. The molecule has 78 valence electrons. The fourth-order valence-electron chi connectivity index (χ4n) is 1.72. The van der Waals surface area contributed by atoms with Crippen molar-refractivity contribution in [1.82, 2.24) is 19.9 Å². The average Bonchev–Trinajstić information content (AvgIpc) is 2.87. The summed E-state index contributed by atoms with van der Waals surface area (Å²) in [5, 5.41) is 3.43. The molecule has 2 aromatic rings. The van der Waals surface area contributed by atoms with Gasteiger partial charge in [0.25, 0.3) is 0 Å². The first-order valence-corrected chi connectivity index (χ1v) is 6.07. The van der Waals surface area contributed by atoms with Gasteiger partial charge in [-0.05, 0) is 12.2 Å². The maximum absolute atomic E-state index is 4.24. The molecule has 1 saturated heterocycles. The number of thioether (sulfide) groups is 1. The van der Waals surface area contributed by atoms with Gasteiger partial charge in [-0.15, -0.1) is 0 Å². The van der Waals surface area contributed by atoms with Crippen molar-refractivity contribution in [2.45, 2.75) is 12.5 Å². The predicted octanol–water partition coefficient (Wildman–Crippen LogP) is 1.27. The number of imidazole rings is 1. The molecule has 6 heteroatoms. The van der Waals surface area contributed by atoms with E-state index in [4.69, 9.17) is 0 Å². The van der Waals surface area contributed by atoms with Crippen LogP contribution in [-0.2, 0) is 0 Å². The molecule has 3 heterocycles. The van der Waals surface area contributed by atoms with Crippen LogP contribution in [0.2, 0.25) is 0 Å². The molecule has 1 aliphatic rings. The number of rotatable bonds is 2. The molecular formula is C9H11N5S. The minimum absolute atomic E-state index is 0.524. The zero-order valence-corrected chi connectivity index (χ0v) is 8.92. The summed E-state index contributed by atoms with van der Waals surface area (Å²) in [5.74, 6) is 3.25. The topological polar surface area (TPSA) is 66.5 Å². The first-order valence-electron chi connectivity index (χ1n) is 4.92. The van der Waals surface area contributed by atoms with Gasteiger partial charge in [0.1, 0.15) is 11.8 Å². The van der Waals surface area contributed by atoms with Crippen LogP contribution >= 0.6 is 11.8 Å². The maximum atomic E-state index is 4.24. The Kier molecular flexibility index (Phi) is 2.21. The van der Waals surface area contributed by atoms with Crippen molar-refractivity contribution in [3.8, 4) is 0 Å². The molecule has 3 rings (SSSR count). The fraction of sp³-hybridized carbons (Fsp3) is 0.444. The molecule has 0 saturated carbocycles. The molecule has 0 aromatic carbocycles. The highest BCUT2D eigenvalue weighted by atomic mass is 32.2. The number of aromatic amines is 1. The largest absolute Gasteiger partial charge is 0.365 e. The van der Waals surface area contributed by atoms with Gasteiger partial charge in [0.2, 0.25) is 0 Å².